The zero-order valence-corrected chi connectivity index (χ0v) is 16.9. The average molecular weight is 434 g/mol. The molecule has 0 aliphatic rings. The van der Waals surface area contributed by atoms with Crippen molar-refractivity contribution in [3.63, 3.8) is 0 Å². The van der Waals surface area contributed by atoms with Gasteiger partial charge in [-0.3, -0.25) is 4.79 Å². The lowest BCUT2D eigenvalue weighted by atomic mass is 10.2. The van der Waals surface area contributed by atoms with Gasteiger partial charge in [-0.1, -0.05) is 12.1 Å². The number of carbonyl (C=O) groups is 2. The predicted molar refractivity (Wildman–Crippen MR) is 108 cm³/mol. The van der Waals surface area contributed by atoms with Crippen molar-refractivity contribution in [1.29, 1.82) is 0 Å². The molecule has 3 aromatic rings. The molecule has 5 nitrogen and oxygen atoms in total. The van der Waals surface area contributed by atoms with Crippen LogP contribution in [0.3, 0.4) is 0 Å². The number of hydrogen-bond acceptors (Lipinski definition) is 6. The maximum atomic E-state index is 13.6. The van der Waals surface area contributed by atoms with E-state index in [1.165, 1.54) is 11.8 Å². The molecule has 0 saturated carbocycles. The van der Waals surface area contributed by atoms with Gasteiger partial charge in [-0.25, -0.2) is 18.6 Å². The van der Waals surface area contributed by atoms with Crippen molar-refractivity contribution in [1.82, 2.24) is 4.98 Å². The number of amides is 1. The third-order valence-electron chi connectivity index (χ3n) is 3.69. The van der Waals surface area contributed by atoms with Crippen LogP contribution < -0.4 is 5.32 Å². The van der Waals surface area contributed by atoms with Gasteiger partial charge < -0.3 is 10.1 Å². The van der Waals surface area contributed by atoms with Crippen LogP contribution in [0.25, 0.3) is 0 Å². The molecule has 1 aromatic heterocycles. The standard InChI is InChI=1S/C20H16F2N2O3S2/c1-12-23-14(10-28-12)11-29-18-5-3-2-4-15(18)20(26)27-9-19(25)24-17-8-13(21)6-7-16(17)22/h2-8,10H,9,11H2,1H3,(H,24,25). The molecule has 0 radical (unpaired) electrons. The second-order valence-electron chi connectivity index (χ2n) is 5.89. The Balaban J connectivity index is 1.59. The van der Waals surface area contributed by atoms with Crippen LogP contribution >= 0.6 is 23.1 Å². The van der Waals surface area contributed by atoms with Crippen LogP contribution in [-0.2, 0) is 15.3 Å². The SMILES string of the molecule is Cc1nc(CSc2ccccc2C(=O)OCC(=O)Nc2cc(F)ccc2F)cs1. The molecule has 1 heterocycles. The molecule has 1 N–H and O–H groups in total. The van der Waals surface area contributed by atoms with Gasteiger partial charge in [0.05, 0.1) is 22.0 Å². The van der Waals surface area contributed by atoms with Gasteiger partial charge >= 0.3 is 5.97 Å². The molecule has 2 aromatic carbocycles. The van der Waals surface area contributed by atoms with Crippen LogP contribution in [0.5, 0.6) is 0 Å². The highest BCUT2D eigenvalue weighted by molar-refractivity contribution is 7.98. The second kappa shape index (κ2) is 9.62. The Morgan fingerprint density at radius 3 is 2.76 bits per heavy atom. The molecule has 0 bridgehead atoms. The summed E-state index contributed by atoms with van der Waals surface area (Å²) in [4.78, 5) is 29.4. The maximum absolute atomic E-state index is 13.6. The number of rotatable bonds is 7. The first-order valence-corrected chi connectivity index (χ1v) is 10.3. The Hall–Kier alpha value is -2.78. The van der Waals surface area contributed by atoms with E-state index in [9.17, 15) is 18.4 Å². The number of nitrogens with one attached hydrogen (secondary N) is 1. The quantitative estimate of drug-likeness (QED) is 0.427. The predicted octanol–water partition coefficient (Wildman–Crippen LogP) is 4.82. The number of benzene rings is 2. The first kappa shape index (κ1) is 20.9. The van der Waals surface area contributed by atoms with E-state index in [1.807, 2.05) is 12.3 Å². The topological polar surface area (TPSA) is 68.3 Å². The molecule has 0 aliphatic carbocycles. The van der Waals surface area contributed by atoms with Crippen LogP contribution in [0.1, 0.15) is 21.1 Å². The monoisotopic (exact) mass is 434 g/mol. The Morgan fingerprint density at radius 2 is 2.00 bits per heavy atom. The van der Waals surface area contributed by atoms with Crippen LogP contribution in [0.4, 0.5) is 14.5 Å². The summed E-state index contributed by atoms with van der Waals surface area (Å²) >= 11 is 2.99. The zero-order chi connectivity index (χ0) is 20.8. The maximum Gasteiger partial charge on any atom is 0.339 e. The van der Waals surface area contributed by atoms with Gasteiger partial charge in [-0.15, -0.1) is 23.1 Å². The van der Waals surface area contributed by atoms with E-state index in [1.54, 1.807) is 35.6 Å². The summed E-state index contributed by atoms with van der Waals surface area (Å²) in [6.07, 6.45) is 0. The minimum atomic E-state index is -0.787. The molecule has 0 atom stereocenters. The molecule has 0 spiro atoms. The van der Waals surface area contributed by atoms with Crippen molar-refractivity contribution >= 4 is 40.7 Å². The minimum absolute atomic E-state index is 0.314. The van der Waals surface area contributed by atoms with Gasteiger partial charge in [0.25, 0.3) is 5.91 Å². The Bertz CT molecular complexity index is 1040. The van der Waals surface area contributed by atoms with Crippen LogP contribution in [0.2, 0.25) is 0 Å². The highest BCUT2D eigenvalue weighted by atomic mass is 32.2. The number of aromatic nitrogens is 1. The van der Waals surface area contributed by atoms with Crippen molar-refractivity contribution in [2.24, 2.45) is 0 Å². The highest BCUT2D eigenvalue weighted by Gasteiger charge is 2.16. The van der Waals surface area contributed by atoms with Crippen LogP contribution in [0, 0.1) is 18.6 Å². The molecule has 29 heavy (non-hydrogen) atoms. The van der Waals surface area contributed by atoms with Crippen molar-refractivity contribution in [2.45, 2.75) is 17.6 Å². The molecule has 0 aliphatic heterocycles. The highest BCUT2D eigenvalue weighted by Crippen LogP contribution is 2.27. The average Bonchev–Trinajstić information content (AvgIpc) is 3.13. The smallest absolute Gasteiger partial charge is 0.339 e. The van der Waals surface area contributed by atoms with Gasteiger partial charge in [0.1, 0.15) is 11.6 Å². The number of halogens is 2. The Kier molecular flexibility index (Phi) is 6.95. The van der Waals surface area contributed by atoms with Gasteiger partial charge in [-0.2, -0.15) is 0 Å². The van der Waals surface area contributed by atoms with E-state index in [0.29, 0.717) is 16.2 Å². The number of nitrogens with zero attached hydrogens (tertiary/aromatic N) is 1. The Labute approximate surface area is 174 Å². The van der Waals surface area contributed by atoms with E-state index in [4.69, 9.17) is 4.74 Å². The molecule has 0 fully saturated rings. The third-order valence-corrected chi connectivity index (χ3v) is 5.62. The van der Waals surface area contributed by atoms with Crippen LogP contribution in [-0.4, -0.2) is 23.5 Å². The summed E-state index contributed by atoms with van der Waals surface area (Å²) in [6.45, 7) is 1.30. The summed E-state index contributed by atoms with van der Waals surface area (Å²) in [7, 11) is 0. The number of aryl methyl sites for hydroxylation is 1. The number of hydrogen-bond donors (Lipinski definition) is 1. The molecular formula is C20H16F2N2O3S2. The molecule has 0 unspecified atom stereocenters. The van der Waals surface area contributed by atoms with Crippen molar-refractivity contribution in [3.05, 3.63) is 75.7 Å². The summed E-state index contributed by atoms with van der Waals surface area (Å²) in [5.41, 5.74) is 0.909. The van der Waals surface area contributed by atoms with E-state index in [-0.39, 0.29) is 5.69 Å². The first-order valence-electron chi connectivity index (χ1n) is 8.47. The van der Waals surface area contributed by atoms with Crippen molar-refractivity contribution < 1.29 is 23.1 Å². The number of thioether (sulfide) groups is 1. The summed E-state index contributed by atoms with van der Waals surface area (Å²) in [5, 5.41) is 5.10. The summed E-state index contributed by atoms with van der Waals surface area (Å²) in [5.74, 6) is -2.35. The lowest BCUT2D eigenvalue weighted by molar-refractivity contribution is -0.119. The molecular weight excluding hydrogens is 418 g/mol. The molecule has 150 valence electrons. The fraction of sp³-hybridized carbons (Fsp3) is 0.150. The number of esters is 1. The van der Waals surface area contributed by atoms with Gasteiger partial charge in [0.15, 0.2) is 6.61 Å². The largest absolute Gasteiger partial charge is 0.452 e. The van der Waals surface area contributed by atoms with Crippen molar-refractivity contribution in [2.75, 3.05) is 11.9 Å². The third kappa shape index (κ3) is 5.85. The van der Waals surface area contributed by atoms with E-state index in [2.05, 4.69) is 10.3 Å². The number of thiazole rings is 1. The first-order chi connectivity index (χ1) is 13.9. The fourth-order valence-electron chi connectivity index (χ4n) is 2.38. The van der Waals surface area contributed by atoms with Crippen LogP contribution in [0.15, 0.2) is 52.7 Å². The minimum Gasteiger partial charge on any atom is -0.452 e. The zero-order valence-electron chi connectivity index (χ0n) is 15.3. The number of ether oxygens (including phenoxy) is 1. The lowest BCUT2D eigenvalue weighted by Gasteiger charge is -2.10. The molecule has 3 rings (SSSR count). The summed E-state index contributed by atoms with van der Waals surface area (Å²) in [6, 6.07) is 9.55. The van der Waals surface area contributed by atoms with Gasteiger partial charge in [0.2, 0.25) is 0 Å². The lowest BCUT2D eigenvalue weighted by Crippen LogP contribution is -2.21. The summed E-state index contributed by atoms with van der Waals surface area (Å²) < 4.78 is 31.8. The second-order valence-corrected chi connectivity index (χ2v) is 7.97. The molecule has 0 saturated heterocycles. The van der Waals surface area contributed by atoms with Crippen molar-refractivity contribution in [3.8, 4) is 0 Å². The molecule has 1 amide bonds. The Morgan fingerprint density at radius 1 is 1.21 bits per heavy atom. The fourth-order valence-corrected chi connectivity index (χ4v) is 4.03. The normalized spacial score (nSPS) is 10.6. The number of anilines is 1. The van der Waals surface area contributed by atoms with Gasteiger partial charge in [0, 0.05) is 22.1 Å². The van der Waals surface area contributed by atoms with E-state index < -0.39 is 30.1 Å². The number of carbonyl (C=O) groups excluding carboxylic acids is 2. The van der Waals surface area contributed by atoms with E-state index >= 15 is 0 Å². The van der Waals surface area contributed by atoms with Gasteiger partial charge in [-0.05, 0) is 31.2 Å². The van der Waals surface area contributed by atoms with E-state index in [0.717, 1.165) is 28.9 Å². The molecule has 9 heteroatoms.